The van der Waals surface area contributed by atoms with E-state index in [9.17, 15) is 14.4 Å². The third-order valence-electron chi connectivity index (χ3n) is 2.77. The van der Waals surface area contributed by atoms with Crippen LogP contribution in [-0.2, 0) is 9.59 Å². The maximum atomic E-state index is 11.8. The summed E-state index contributed by atoms with van der Waals surface area (Å²) in [5, 5.41) is 13.8. The Labute approximate surface area is 131 Å². The van der Waals surface area contributed by atoms with E-state index in [-0.39, 0.29) is 31.3 Å². The SMILES string of the molecule is CC(CNC(=O)CCNC(=O)c1ccc(Br)cc1)C(=O)O. The van der Waals surface area contributed by atoms with Crippen molar-refractivity contribution in [2.45, 2.75) is 13.3 Å². The van der Waals surface area contributed by atoms with Crippen LogP contribution in [0.5, 0.6) is 0 Å². The van der Waals surface area contributed by atoms with Gasteiger partial charge in [0, 0.05) is 29.5 Å². The van der Waals surface area contributed by atoms with Crippen molar-refractivity contribution >= 4 is 33.7 Å². The number of benzene rings is 1. The topological polar surface area (TPSA) is 95.5 Å². The molecule has 1 rings (SSSR count). The molecule has 0 aliphatic heterocycles. The van der Waals surface area contributed by atoms with Crippen molar-refractivity contribution in [3.05, 3.63) is 34.3 Å². The van der Waals surface area contributed by atoms with Crippen molar-refractivity contribution < 1.29 is 19.5 Å². The van der Waals surface area contributed by atoms with Gasteiger partial charge in [-0.05, 0) is 24.3 Å². The normalized spacial score (nSPS) is 11.5. The van der Waals surface area contributed by atoms with Gasteiger partial charge < -0.3 is 15.7 Å². The number of hydrogen-bond acceptors (Lipinski definition) is 3. The van der Waals surface area contributed by atoms with Gasteiger partial charge in [-0.2, -0.15) is 0 Å². The van der Waals surface area contributed by atoms with Crippen molar-refractivity contribution in [2.24, 2.45) is 5.92 Å². The van der Waals surface area contributed by atoms with Crippen molar-refractivity contribution in [1.82, 2.24) is 10.6 Å². The van der Waals surface area contributed by atoms with Crippen LogP contribution in [-0.4, -0.2) is 36.0 Å². The molecule has 0 fully saturated rings. The molecule has 0 radical (unpaired) electrons. The summed E-state index contributed by atoms with van der Waals surface area (Å²) in [5.74, 6) is -2.14. The molecule has 0 saturated carbocycles. The molecule has 0 aliphatic carbocycles. The first-order chi connectivity index (χ1) is 9.90. The van der Waals surface area contributed by atoms with Crippen LogP contribution >= 0.6 is 15.9 Å². The largest absolute Gasteiger partial charge is 0.481 e. The second-order valence-corrected chi connectivity index (χ2v) is 5.47. The first-order valence-electron chi connectivity index (χ1n) is 6.43. The average Bonchev–Trinajstić information content (AvgIpc) is 2.45. The van der Waals surface area contributed by atoms with Gasteiger partial charge in [-0.25, -0.2) is 0 Å². The standard InChI is InChI=1S/C14H17BrN2O4/c1-9(14(20)21)8-17-12(18)6-7-16-13(19)10-2-4-11(15)5-3-10/h2-5,9H,6-8H2,1H3,(H,16,19)(H,17,18)(H,20,21). The fraction of sp³-hybridized carbons (Fsp3) is 0.357. The number of halogens is 1. The first-order valence-corrected chi connectivity index (χ1v) is 7.22. The molecule has 0 bridgehead atoms. The Bertz CT molecular complexity index is 516. The molecule has 1 aromatic carbocycles. The summed E-state index contributed by atoms with van der Waals surface area (Å²) in [6.45, 7) is 1.79. The highest BCUT2D eigenvalue weighted by atomic mass is 79.9. The summed E-state index contributed by atoms with van der Waals surface area (Å²) < 4.78 is 0.881. The number of aliphatic carboxylic acids is 1. The molecule has 21 heavy (non-hydrogen) atoms. The summed E-state index contributed by atoms with van der Waals surface area (Å²) in [6, 6.07) is 6.87. The minimum absolute atomic E-state index is 0.0782. The zero-order valence-electron chi connectivity index (χ0n) is 11.6. The second-order valence-electron chi connectivity index (χ2n) is 4.56. The van der Waals surface area contributed by atoms with Gasteiger partial charge >= 0.3 is 5.97 Å². The number of carboxylic acids is 1. The molecule has 0 aromatic heterocycles. The number of carbonyl (C=O) groups excluding carboxylic acids is 2. The molecule has 0 spiro atoms. The van der Waals surface area contributed by atoms with Crippen molar-refractivity contribution in [3.63, 3.8) is 0 Å². The Hall–Kier alpha value is -1.89. The first kappa shape index (κ1) is 17.2. The minimum atomic E-state index is -0.959. The summed E-state index contributed by atoms with van der Waals surface area (Å²) in [5.41, 5.74) is 0.512. The molecule has 3 N–H and O–H groups in total. The van der Waals surface area contributed by atoms with Gasteiger partial charge in [0.15, 0.2) is 0 Å². The third kappa shape index (κ3) is 6.40. The van der Waals surface area contributed by atoms with Crippen molar-refractivity contribution in [2.75, 3.05) is 13.1 Å². The van der Waals surface area contributed by atoms with E-state index < -0.39 is 11.9 Å². The van der Waals surface area contributed by atoms with Crippen LogP contribution in [0.3, 0.4) is 0 Å². The van der Waals surface area contributed by atoms with Crippen LogP contribution in [0.2, 0.25) is 0 Å². The smallest absolute Gasteiger partial charge is 0.308 e. The number of carboxylic acid groups (broad SMARTS) is 1. The summed E-state index contributed by atoms with van der Waals surface area (Å²) in [6.07, 6.45) is 0.106. The summed E-state index contributed by atoms with van der Waals surface area (Å²) >= 11 is 3.28. The maximum absolute atomic E-state index is 11.8. The van der Waals surface area contributed by atoms with E-state index in [0.717, 1.165) is 4.47 Å². The zero-order chi connectivity index (χ0) is 15.8. The van der Waals surface area contributed by atoms with E-state index in [1.165, 1.54) is 6.92 Å². The Morgan fingerprint density at radius 1 is 1.19 bits per heavy atom. The average molecular weight is 357 g/mol. The Kier molecular flexibility index (Phi) is 6.87. The summed E-state index contributed by atoms with van der Waals surface area (Å²) in [4.78, 5) is 33.8. The molecular weight excluding hydrogens is 340 g/mol. The lowest BCUT2D eigenvalue weighted by atomic mass is 10.2. The quantitative estimate of drug-likeness (QED) is 0.688. The predicted molar refractivity (Wildman–Crippen MR) is 80.9 cm³/mol. The van der Waals surface area contributed by atoms with E-state index in [1.807, 2.05) is 0 Å². The fourth-order valence-corrected chi connectivity index (χ4v) is 1.70. The van der Waals surface area contributed by atoms with Crippen LogP contribution in [0.25, 0.3) is 0 Å². The molecule has 2 amide bonds. The summed E-state index contributed by atoms with van der Waals surface area (Å²) in [7, 11) is 0. The highest BCUT2D eigenvalue weighted by molar-refractivity contribution is 9.10. The molecule has 0 heterocycles. The monoisotopic (exact) mass is 356 g/mol. The van der Waals surface area contributed by atoms with Crippen molar-refractivity contribution in [1.29, 1.82) is 0 Å². The molecule has 7 heteroatoms. The van der Waals surface area contributed by atoms with Gasteiger partial charge in [-0.15, -0.1) is 0 Å². The lowest BCUT2D eigenvalue weighted by Crippen LogP contribution is -2.34. The molecule has 1 aromatic rings. The van der Waals surface area contributed by atoms with E-state index in [0.29, 0.717) is 5.56 Å². The van der Waals surface area contributed by atoms with E-state index in [4.69, 9.17) is 5.11 Å². The van der Waals surface area contributed by atoms with Crippen molar-refractivity contribution in [3.8, 4) is 0 Å². The van der Waals surface area contributed by atoms with Crippen LogP contribution in [0.1, 0.15) is 23.7 Å². The Morgan fingerprint density at radius 2 is 1.81 bits per heavy atom. The molecule has 114 valence electrons. The lowest BCUT2D eigenvalue weighted by molar-refractivity contribution is -0.141. The van der Waals surface area contributed by atoms with Crippen LogP contribution in [0, 0.1) is 5.92 Å². The van der Waals surface area contributed by atoms with Crippen LogP contribution in [0.15, 0.2) is 28.7 Å². The predicted octanol–water partition coefficient (Wildman–Crippen LogP) is 1.41. The lowest BCUT2D eigenvalue weighted by Gasteiger charge is -2.09. The fourth-order valence-electron chi connectivity index (χ4n) is 1.44. The highest BCUT2D eigenvalue weighted by Gasteiger charge is 2.12. The molecule has 1 unspecified atom stereocenters. The Morgan fingerprint density at radius 3 is 2.38 bits per heavy atom. The molecule has 1 atom stereocenters. The molecule has 0 saturated heterocycles. The van der Waals surface area contributed by atoms with Gasteiger partial charge in [0.25, 0.3) is 5.91 Å². The van der Waals surface area contributed by atoms with Gasteiger partial charge in [0.1, 0.15) is 0 Å². The van der Waals surface area contributed by atoms with Crippen LogP contribution < -0.4 is 10.6 Å². The molecular formula is C14H17BrN2O4. The van der Waals surface area contributed by atoms with E-state index in [1.54, 1.807) is 24.3 Å². The third-order valence-corrected chi connectivity index (χ3v) is 3.30. The minimum Gasteiger partial charge on any atom is -0.481 e. The number of nitrogens with one attached hydrogen (secondary N) is 2. The number of carbonyl (C=O) groups is 3. The number of hydrogen-bond donors (Lipinski definition) is 3. The van der Waals surface area contributed by atoms with Gasteiger partial charge in [0.05, 0.1) is 5.92 Å². The highest BCUT2D eigenvalue weighted by Crippen LogP contribution is 2.10. The number of amides is 2. The zero-order valence-corrected chi connectivity index (χ0v) is 13.1. The molecule has 6 nitrogen and oxygen atoms in total. The maximum Gasteiger partial charge on any atom is 0.308 e. The van der Waals surface area contributed by atoms with E-state index >= 15 is 0 Å². The molecule has 0 aliphatic rings. The van der Waals surface area contributed by atoms with Gasteiger partial charge in [0.2, 0.25) is 5.91 Å². The second kappa shape index (κ2) is 8.41. The van der Waals surface area contributed by atoms with Crippen LogP contribution in [0.4, 0.5) is 0 Å². The van der Waals surface area contributed by atoms with Gasteiger partial charge in [-0.1, -0.05) is 22.9 Å². The van der Waals surface area contributed by atoms with E-state index in [2.05, 4.69) is 26.6 Å². The number of rotatable bonds is 7. The van der Waals surface area contributed by atoms with Gasteiger partial charge in [-0.3, -0.25) is 14.4 Å². The Balaban J connectivity index is 2.26.